The van der Waals surface area contributed by atoms with Gasteiger partial charge in [-0.3, -0.25) is 0 Å². The van der Waals surface area contributed by atoms with Crippen LogP contribution in [0.5, 0.6) is 5.88 Å². The normalized spacial score (nSPS) is 10.6. The van der Waals surface area contributed by atoms with Crippen LogP contribution >= 0.6 is 0 Å². The van der Waals surface area contributed by atoms with Gasteiger partial charge in [-0.25, -0.2) is 4.98 Å². The van der Waals surface area contributed by atoms with Gasteiger partial charge in [-0.1, -0.05) is 19.9 Å². The molecule has 0 saturated carbocycles. The van der Waals surface area contributed by atoms with E-state index in [9.17, 15) is 0 Å². The van der Waals surface area contributed by atoms with E-state index in [0.717, 1.165) is 10.9 Å². The van der Waals surface area contributed by atoms with Crippen molar-refractivity contribution in [2.75, 3.05) is 6.61 Å². The maximum Gasteiger partial charge on any atom is 0.232 e. The summed E-state index contributed by atoms with van der Waals surface area (Å²) in [6.45, 7) is 6.69. The minimum Gasteiger partial charge on any atom is -0.477 e. The molecule has 0 radical (unpaired) electrons. The van der Waals surface area contributed by atoms with Crippen LogP contribution in [-0.4, -0.2) is 11.6 Å². The number of aromatic nitrogens is 1. The van der Waals surface area contributed by atoms with Crippen LogP contribution in [0.25, 0.3) is 10.9 Å². The Kier molecular flexibility index (Phi) is 3.47. The summed E-state index contributed by atoms with van der Waals surface area (Å²) in [4.78, 5) is 4.39. The molecule has 92 valence electrons. The van der Waals surface area contributed by atoms with E-state index in [4.69, 9.17) is 10.00 Å². The number of hydrogen-bond acceptors (Lipinski definition) is 3. The smallest absolute Gasteiger partial charge is 0.232 e. The third kappa shape index (κ3) is 2.28. The van der Waals surface area contributed by atoms with Gasteiger partial charge in [0.2, 0.25) is 5.88 Å². The minimum absolute atomic E-state index is 0.421. The van der Waals surface area contributed by atoms with Crippen LogP contribution in [0.2, 0.25) is 0 Å². The molecule has 0 aliphatic heterocycles. The van der Waals surface area contributed by atoms with Crippen molar-refractivity contribution in [2.45, 2.75) is 26.7 Å². The summed E-state index contributed by atoms with van der Waals surface area (Å²) in [6.07, 6.45) is 0. The molecule has 3 nitrogen and oxygen atoms in total. The van der Waals surface area contributed by atoms with Crippen LogP contribution in [-0.2, 0) is 0 Å². The van der Waals surface area contributed by atoms with Crippen LogP contribution in [0.15, 0.2) is 24.3 Å². The SMILES string of the molecule is CCOc1nc2ccc(C(C)C)cc2cc1C#N. The predicted molar refractivity (Wildman–Crippen MR) is 71.7 cm³/mol. The van der Waals surface area contributed by atoms with Crippen molar-refractivity contribution in [2.24, 2.45) is 0 Å². The van der Waals surface area contributed by atoms with Crippen molar-refractivity contribution in [3.8, 4) is 11.9 Å². The lowest BCUT2D eigenvalue weighted by Crippen LogP contribution is -1.98. The van der Waals surface area contributed by atoms with Crippen molar-refractivity contribution in [3.63, 3.8) is 0 Å². The molecule has 0 unspecified atom stereocenters. The molecule has 0 aliphatic rings. The highest BCUT2D eigenvalue weighted by Gasteiger charge is 2.08. The zero-order chi connectivity index (χ0) is 13.1. The summed E-state index contributed by atoms with van der Waals surface area (Å²) >= 11 is 0. The van der Waals surface area contributed by atoms with E-state index in [1.165, 1.54) is 5.56 Å². The Morgan fingerprint density at radius 3 is 2.72 bits per heavy atom. The Bertz CT molecular complexity index is 612. The van der Waals surface area contributed by atoms with Crippen molar-refractivity contribution >= 4 is 10.9 Å². The molecule has 18 heavy (non-hydrogen) atoms. The third-order valence-electron chi connectivity index (χ3n) is 2.87. The first kappa shape index (κ1) is 12.4. The van der Waals surface area contributed by atoms with Gasteiger partial charge in [-0.2, -0.15) is 5.26 Å². The van der Waals surface area contributed by atoms with Crippen LogP contribution < -0.4 is 4.74 Å². The van der Waals surface area contributed by atoms with Crippen molar-refractivity contribution in [1.29, 1.82) is 5.26 Å². The number of benzene rings is 1. The van der Waals surface area contributed by atoms with E-state index in [1.54, 1.807) is 0 Å². The fourth-order valence-electron chi connectivity index (χ4n) is 1.86. The maximum atomic E-state index is 9.11. The van der Waals surface area contributed by atoms with Gasteiger partial charge in [0.1, 0.15) is 11.6 Å². The van der Waals surface area contributed by atoms with Crippen molar-refractivity contribution in [1.82, 2.24) is 4.98 Å². The van der Waals surface area contributed by atoms with Crippen molar-refractivity contribution in [3.05, 3.63) is 35.4 Å². The molecule has 2 aromatic rings. The standard InChI is InChI=1S/C15H16N2O/c1-4-18-15-13(9-16)8-12-7-11(10(2)3)5-6-14(12)17-15/h5-8,10H,4H2,1-3H3. The molecule has 0 bridgehead atoms. The Hall–Kier alpha value is -2.08. The van der Waals surface area contributed by atoms with Gasteiger partial charge in [0, 0.05) is 5.39 Å². The van der Waals surface area contributed by atoms with Gasteiger partial charge in [-0.05, 0) is 36.6 Å². The molecule has 2 rings (SSSR count). The van der Waals surface area contributed by atoms with Crippen molar-refractivity contribution < 1.29 is 4.74 Å². The van der Waals surface area contributed by atoms with Gasteiger partial charge < -0.3 is 4.74 Å². The van der Waals surface area contributed by atoms with Gasteiger partial charge in [0.15, 0.2) is 0 Å². The van der Waals surface area contributed by atoms with E-state index in [1.807, 2.05) is 19.1 Å². The van der Waals surface area contributed by atoms with E-state index >= 15 is 0 Å². The quantitative estimate of drug-likeness (QED) is 0.823. The topological polar surface area (TPSA) is 45.9 Å². The number of ether oxygens (including phenoxy) is 1. The molecule has 0 N–H and O–H groups in total. The molecule has 0 saturated heterocycles. The van der Waals surface area contributed by atoms with Gasteiger partial charge in [-0.15, -0.1) is 0 Å². The van der Waals surface area contributed by atoms with E-state index in [-0.39, 0.29) is 0 Å². The number of nitrogens with zero attached hydrogens (tertiary/aromatic N) is 2. The summed E-state index contributed by atoms with van der Waals surface area (Å²) in [5.41, 5.74) is 2.60. The van der Waals surface area contributed by atoms with Crippen LogP contribution in [0, 0.1) is 11.3 Å². The van der Waals surface area contributed by atoms with Gasteiger partial charge in [0.25, 0.3) is 0 Å². The predicted octanol–water partition coefficient (Wildman–Crippen LogP) is 3.63. The summed E-state index contributed by atoms with van der Waals surface area (Å²) in [6, 6.07) is 10.1. The highest BCUT2D eigenvalue weighted by molar-refractivity contribution is 5.81. The molecule has 0 fully saturated rings. The lowest BCUT2D eigenvalue weighted by molar-refractivity contribution is 0.327. The molecular formula is C15H16N2O. The monoisotopic (exact) mass is 240 g/mol. The molecule has 0 atom stereocenters. The molecule has 1 aromatic carbocycles. The lowest BCUT2D eigenvalue weighted by atomic mass is 10.0. The lowest BCUT2D eigenvalue weighted by Gasteiger charge is -2.09. The Morgan fingerprint density at radius 1 is 1.33 bits per heavy atom. The molecule has 0 aliphatic carbocycles. The number of nitriles is 1. The second-order valence-electron chi connectivity index (χ2n) is 4.49. The second-order valence-corrected chi connectivity index (χ2v) is 4.49. The summed E-state index contributed by atoms with van der Waals surface area (Å²) < 4.78 is 5.38. The molecule has 1 heterocycles. The Morgan fingerprint density at radius 2 is 2.11 bits per heavy atom. The van der Waals surface area contributed by atoms with Crippen LogP contribution in [0.1, 0.15) is 37.8 Å². The van der Waals surface area contributed by atoms with E-state index in [2.05, 4.69) is 37.0 Å². The zero-order valence-electron chi connectivity index (χ0n) is 10.9. The van der Waals surface area contributed by atoms with Crippen LogP contribution in [0.4, 0.5) is 0 Å². The maximum absolute atomic E-state index is 9.11. The number of hydrogen-bond donors (Lipinski definition) is 0. The van der Waals surface area contributed by atoms with Gasteiger partial charge >= 0.3 is 0 Å². The summed E-state index contributed by atoms with van der Waals surface area (Å²) in [7, 11) is 0. The Labute approximate surface area is 107 Å². The molecule has 0 amide bonds. The average Bonchev–Trinajstić information content (AvgIpc) is 2.37. The van der Waals surface area contributed by atoms with Gasteiger partial charge in [0.05, 0.1) is 12.1 Å². The first-order valence-corrected chi connectivity index (χ1v) is 6.13. The summed E-state index contributed by atoms with van der Waals surface area (Å²) in [5.74, 6) is 0.885. The third-order valence-corrected chi connectivity index (χ3v) is 2.87. The van der Waals surface area contributed by atoms with Crippen LogP contribution in [0.3, 0.4) is 0 Å². The fraction of sp³-hybridized carbons (Fsp3) is 0.333. The highest BCUT2D eigenvalue weighted by atomic mass is 16.5. The van der Waals surface area contributed by atoms with E-state index < -0.39 is 0 Å². The highest BCUT2D eigenvalue weighted by Crippen LogP contribution is 2.25. The summed E-state index contributed by atoms with van der Waals surface area (Å²) in [5, 5.41) is 10.1. The fourth-order valence-corrected chi connectivity index (χ4v) is 1.86. The molecule has 1 aromatic heterocycles. The largest absolute Gasteiger partial charge is 0.477 e. The number of fused-ring (bicyclic) bond motifs is 1. The first-order chi connectivity index (χ1) is 8.65. The minimum atomic E-state index is 0.421. The first-order valence-electron chi connectivity index (χ1n) is 6.13. The number of rotatable bonds is 3. The second kappa shape index (κ2) is 5.05. The Balaban J connectivity index is 2.60. The zero-order valence-corrected chi connectivity index (χ0v) is 10.9. The number of pyridine rings is 1. The molecule has 0 spiro atoms. The molecular weight excluding hydrogens is 224 g/mol. The average molecular weight is 240 g/mol. The molecule has 3 heteroatoms. The van der Waals surface area contributed by atoms with E-state index in [0.29, 0.717) is 24.0 Å².